The number of aryl methyl sites for hydroxylation is 1. The summed E-state index contributed by atoms with van der Waals surface area (Å²) < 4.78 is 39.7. The normalized spacial score (nSPS) is 19.7. The Labute approximate surface area is 139 Å². The molecule has 0 saturated carbocycles. The van der Waals surface area contributed by atoms with Gasteiger partial charge in [0.15, 0.2) is 0 Å². The Kier molecular flexibility index (Phi) is 4.54. The van der Waals surface area contributed by atoms with E-state index in [9.17, 15) is 13.2 Å². The average Bonchev–Trinajstić information content (AvgIpc) is 3.16. The Bertz CT molecular complexity index is 678. The first-order valence-corrected chi connectivity index (χ1v) is 8.00. The van der Waals surface area contributed by atoms with Gasteiger partial charge in [0, 0.05) is 49.7 Å². The molecule has 1 aromatic carbocycles. The van der Waals surface area contributed by atoms with Crippen LogP contribution in [0.3, 0.4) is 0 Å². The van der Waals surface area contributed by atoms with Crippen LogP contribution in [-0.2, 0) is 13.2 Å². The number of rotatable bonds is 4. The van der Waals surface area contributed by atoms with E-state index in [4.69, 9.17) is 0 Å². The third-order valence-corrected chi connectivity index (χ3v) is 4.46. The summed E-state index contributed by atoms with van der Waals surface area (Å²) in [6.07, 6.45) is 0.513. The molecule has 0 unspecified atom stereocenters. The highest BCUT2D eigenvalue weighted by atomic mass is 19.4. The highest BCUT2D eigenvalue weighted by Gasteiger charge is 2.31. The Balaban J connectivity index is 1.59. The van der Waals surface area contributed by atoms with Crippen molar-refractivity contribution in [1.82, 2.24) is 15.1 Å². The first-order valence-electron chi connectivity index (χ1n) is 8.00. The molecule has 1 aliphatic heterocycles. The Morgan fingerprint density at radius 2 is 1.96 bits per heavy atom. The molecule has 1 fully saturated rings. The van der Waals surface area contributed by atoms with Crippen LogP contribution in [0.25, 0.3) is 0 Å². The lowest BCUT2D eigenvalue weighted by atomic mass is 10.1. The molecule has 1 N–H and O–H groups in total. The number of halogens is 3. The van der Waals surface area contributed by atoms with Gasteiger partial charge in [-0.2, -0.15) is 18.3 Å². The van der Waals surface area contributed by atoms with Crippen molar-refractivity contribution in [2.75, 3.05) is 18.0 Å². The zero-order valence-electron chi connectivity index (χ0n) is 13.7. The van der Waals surface area contributed by atoms with Gasteiger partial charge in [-0.3, -0.25) is 4.68 Å². The van der Waals surface area contributed by atoms with Gasteiger partial charge in [-0.25, -0.2) is 0 Å². The second-order valence-corrected chi connectivity index (χ2v) is 6.31. The zero-order valence-corrected chi connectivity index (χ0v) is 13.7. The quantitative estimate of drug-likeness (QED) is 0.928. The molecule has 2 heterocycles. The van der Waals surface area contributed by atoms with Crippen molar-refractivity contribution in [3.63, 3.8) is 0 Å². The molecular formula is C17H21F3N4. The number of alkyl halides is 3. The lowest BCUT2D eigenvalue weighted by Crippen LogP contribution is -2.34. The summed E-state index contributed by atoms with van der Waals surface area (Å²) in [5.41, 5.74) is 1.36. The summed E-state index contributed by atoms with van der Waals surface area (Å²) in [7, 11) is 1.89. The van der Waals surface area contributed by atoms with Crippen molar-refractivity contribution in [2.24, 2.45) is 7.05 Å². The molecule has 0 amide bonds. The van der Waals surface area contributed by atoms with Gasteiger partial charge in [0.05, 0.1) is 11.8 Å². The number of nitrogens with zero attached hydrogens (tertiary/aromatic N) is 3. The predicted octanol–water partition coefficient (Wildman–Crippen LogP) is 3.37. The molecule has 0 radical (unpaired) electrons. The standard InChI is InChI=1S/C17H21F3N4/c1-12(13-9-21-23(2)10-13)22-15-7-8-24(11-15)16-5-3-14(4-6-16)17(18,19)20/h3-6,9-10,12,15,22H,7-8,11H2,1-2H3/t12-,15-/m0/s1. The van der Waals surface area contributed by atoms with Crippen LogP contribution in [0.15, 0.2) is 36.7 Å². The Morgan fingerprint density at radius 3 is 2.54 bits per heavy atom. The molecule has 0 aliphatic carbocycles. The molecule has 7 heteroatoms. The van der Waals surface area contributed by atoms with E-state index in [0.717, 1.165) is 42.9 Å². The molecule has 2 atom stereocenters. The molecule has 1 aliphatic rings. The van der Waals surface area contributed by atoms with Crippen molar-refractivity contribution in [2.45, 2.75) is 31.6 Å². The van der Waals surface area contributed by atoms with Gasteiger partial charge in [0.1, 0.15) is 0 Å². The van der Waals surface area contributed by atoms with E-state index in [-0.39, 0.29) is 6.04 Å². The number of anilines is 1. The van der Waals surface area contributed by atoms with E-state index in [1.54, 1.807) is 16.8 Å². The van der Waals surface area contributed by atoms with Crippen LogP contribution in [0, 0.1) is 0 Å². The monoisotopic (exact) mass is 338 g/mol. The minimum Gasteiger partial charge on any atom is -0.370 e. The maximum atomic E-state index is 12.6. The average molecular weight is 338 g/mol. The maximum absolute atomic E-state index is 12.6. The summed E-state index contributed by atoms with van der Waals surface area (Å²) >= 11 is 0. The minimum atomic E-state index is -4.28. The summed E-state index contributed by atoms with van der Waals surface area (Å²) in [6, 6.07) is 5.90. The number of nitrogens with one attached hydrogen (secondary N) is 1. The largest absolute Gasteiger partial charge is 0.416 e. The molecule has 4 nitrogen and oxygen atoms in total. The molecule has 130 valence electrons. The zero-order chi connectivity index (χ0) is 17.3. The second-order valence-electron chi connectivity index (χ2n) is 6.31. The van der Waals surface area contributed by atoms with E-state index in [1.807, 2.05) is 19.4 Å². The van der Waals surface area contributed by atoms with E-state index in [2.05, 4.69) is 22.2 Å². The van der Waals surface area contributed by atoms with Gasteiger partial charge in [-0.1, -0.05) is 0 Å². The number of benzene rings is 1. The lowest BCUT2D eigenvalue weighted by Gasteiger charge is -2.21. The second kappa shape index (κ2) is 6.47. The van der Waals surface area contributed by atoms with Gasteiger partial charge in [-0.05, 0) is 37.6 Å². The Morgan fingerprint density at radius 1 is 1.25 bits per heavy atom. The number of aromatic nitrogens is 2. The fourth-order valence-corrected chi connectivity index (χ4v) is 3.11. The molecule has 1 aromatic heterocycles. The van der Waals surface area contributed by atoms with Crippen LogP contribution in [0.4, 0.5) is 18.9 Å². The van der Waals surface area contributed by atoms with Crippen LogP contribution < -0.4 is 10.2 Å². The molecule has 2 aromatic rings. The SMILES string of the molecule is C[C@H](N[C@H]1CCN(c2ccc(C(F)(F)F)cc2)C1)c1cnn(C)c1. The van der Waals surface area contributed by atoms with Gasteiger partial charge in [-0.15, -0.1) is 0 Å². The topological polar surface area (TPSA) is 33.1 Å². The van der Waals surface area contributed by atoms with Crippen LogP contribution in [-0.4, -0.2) is 28.9 Å². The third kappa shape index (κ3) is 3.72. The summed E-state index contributed by atoms with van der Waals surface area (Å²) in [4.78, 5) is 2.12. The van der Waals surface area contributed by atoms with Crippen LogP contribution >= 0.6 is 0 Å². The van der Waals surface area contributed by atoms with Gasteiger partial charge in [0.2, 0.25) is 0 Å². The molecular weight excluding hydrogens is 317 g/mol. The minimum absolute atomic E-state index is 0.191. The van der Waals surface area contributed by atoms with Crippen LogP contribution in [0.2, 0.25) is 0 Å². The molecule has 3 rings (SSSR count). The summed E-state index contributed by atoms with van der Waals surface area (Å²) in [5.74, 6) is 0. The first kappa shape index (κ1) is 16.8. The number of hydrogen-bond donors (Lipinski definition) is 1. The molecule has 1 saturated heterocycles. The van der Waals surface area contributed by atoms with E-state index in [0.29, 0.717) is 6.04 Å². The summed E-state index contributed by atoms with van der Waals surface area (Å²) in [5, 5.41) is 7.75. The lowest BCUT2D eigenvalue weighted by molar-refractivity contribution is -0.137. The fraction of sp³-hybridized carbons (Fsp3) is 0.471. The van der Waals surface area contributed by atoms with Crippen LogP contribution in [0.5, 0.6) is 0 Å². The van der Waals surface area contributed by atoms with E-state index in [1.165, 1.54) is 0 Å². The van der Waals surface area contributed by atoms with Gasteiger partial charge >= 0.3 is 6.18 Å². The molecule has 24 heavy (non-hydrogen) atoms. The fourth-order valence-electron chi connectivity index (χ4n) is 3.11. The third-order valence-electron chi connectivity index (χ3n) is 4.46. The molecule has 0 bridgehead atoms. The van der Waals surface area contributed by atoms with E-state index < -0.39 is 11.7 Å². The smallest absolute Gasteiger partial charge is 0.370 e. The van der Waals surface area contributed by atoms with Crippen molar-refractivity contribution < 1.29 is 13.2 Å². The molecule has 0 spiro atoms. The predicted molar refractivity (Wildman–Crippen MR) is 86.8 cm³/mol. The highest BCUT2D eigenvalue weighted by molar-refractivity contribution is 5.49. The van der Waals surface area contributed by atoms with Crippen molar-refractivity contribution in [1.29, 1.82) is 0 Å². The Hall–Kier alpha value is -2.02. The number of hydrogen-bond acceptors (Lipinski definition) is 3. The van der Waals surface area contributed by atoms with Gasteiger partial charge in [0.25, 0.3) is 0 Å². The maximum Gasteiger partial charge on any atom is 0.416 e. The van der Waals surface area contributed by atoms with E-state index >= 15 is 0 Å². The van der Waals surface area contributed by atoms with Crippen molar-refractivity contribution in [3.05, 3.63) is 47.8 Å². The summed E-state index contributed by atoms with van der Waals surface area (Å²) in [6.45, 7) is 3.72. The van der Waals surface area contributed by atoms with Crippen molar-refractivity contribution in [3.8, 4) is 0 Å². The van der Waals surface area contributed by atoms with Crippen molar-refractivity contribution >= 4 is 5.69 Å². The first-order chi connectivity index (χ1) is 11.3. The van der Waals surface area contributed by atoms with Gasteiger partial charge < -0.3 is 10.2 Å². The highest BCUT2D eigenvalue weighted by Crippen LogP contribution is 2.31. The van der Waals surface area contributed by atoms with Crippen LogP contribution in [0.1, 0.15) is 30.5 Å².